The molecule has 0 bridgehead atoms. The van der Waals surface area contributed by atoms with Gasteiger partial charge in [0.15, 0.2) is 0 Å². The first-order valence-electron chi connectivity index (χ1n) is 15.5. The van der Waals surface area contributed by atoms with Crippen molar-refractivity contribution in [2.24, 2.45) is 5.92 Å². The number of nitrogens with one attached hydrogen (secondary N) is 5. The van der Waals surface area contributed by atoms with E-state index in [4.69, 9.17) is 4.74 Å². The van der Waals surface area contributed by atoms with Gasteiger partial charge in [-0.15, -0.1) is 0 Å². The van der Waals surface area contributed by atoms with E-state index in [9.17, 15) is 28.4 Å². The van der Waals surface area contributed by atoms with Crippen LogP contribution < -0.4 is 26.6 Å². The van der Waals surface area contributed by atoms with Gasteiger partial charge in [0.05, 0.1) is 13.2 Å². The van der Waals surface area contributed by atoms with Crippen molar-refractivity contribution in [1.82, 2.24) is 26.6 Å². The molecule has 3 rings (SSSR count). The van der Waals surface area contributed by atoms with Crippen LogP contribution in [0.15, 0.2) is 60.7 Å². The van der Waals surface area contributed by atoms with Crippen LogP contribution in [0, 0.1) is 18.7 Å². The average molecular weight is 638 g/mol. The Morgan fingerprint density at radius 1 is 1.04 bits per heavy atom. The molecule has 5 amide bonds. The second-order valence-corrected chi connectivity index (χ2v) is 11.7. The maximum Gasteiger partial charge on any atom is 0.328 e. The van der Waals surface area contributed by atoms with Crippen molar-refractivity contribution in [3.63, 3.8) is 0 Å². The Morgan fingerprint density at radius 2 is 1.80 bits per heavy atom. The Bertz CT molecular complexity index is 1410. The maximum atomic E-state index is 14.5. The molecule has 5 N–H and O–H groups in total. The Balaban J connectivity index is 1.83. The van der Waals surface area contributed by atoms with Crippen LogP contribution in [0.25, 0.3) is 0 Å². The lowest BCUT2D eigenvalue weighted by atomic mass is 10.0. The van der Waals surface area contributed by atoms with Gasteiger partial charge in [0.2, 0.25) is 17.7 Å². The van der Waals surface area contributed by atoms with E-state index >= 15 is 0 Å². The minimum Gasteiger partial charge on any atom is -0.467 e. The van der Waals surface area contributed by atoms with E-state index in [1.807, 2.05) is 31.2 Å². The smallest absolute Gasteiger partial charge is 0.328 e. The standard InChI is InChI=1S/C34H44FN5O6/c1-21(2)30(33(44)46-4)40-34(45)39-28(19-23-11-9-10-22(3)18-23)32(43)38-27-14-7-8-17-36-29(41)16-15-25(37-31(27)42)20-24-12-5-6-13-26(24)35/h5-6,9-13,15-16,18,21,25,27-28,30H,7-8,14,17,19-20H2,1-4H3,(H,36,41)(H,37,42)(H,38,43)(H2,39,40,45)/b16-15+/t25-,27+,28+,30?/m1/s1. The molecule has 0 aromatic heterocycles. The largest absolute Gasteiger partial charge is 0.467 e. The predicted octanol–water partition coefficient (Wildman–Crippen LogP) is 2.61. The van der Waals surface area contributed by atoms with Crippen molar-refractivity contribution in [3.05, 3.63) is 83.2 Å². The summed E-state index contributed by atoms with van der Waals surface area (Å²) in [6.45, 7) is 5.78. The number of hydrogen-bond donors (Lipinski definition) is 5. The first-order chi connectivity index (χ1) is 22.0. The molecule has 1 unspecified atom stereocenters. The van der Waals surface area contributed by atoms with E-state index in [-0.39, 0.29) is 31.1 Å². The summed E-state index contributed by atoms with van der Waals surface area (Å²) in [5.74, 6) is -2.78. The molecule has 12 heteroatoms. The van der Waals surface area contributed by atoms with Crippen LogP contribution in [0.3, 0.4) is 0 Å². The van der Waals surface area contributed by atoms with Gasteiger partial charge in [0.1, 0.15) is 23.9 Å². The van der Waals surface area contributed by atoms with Gasteiger partial charge in [-0.05, 0) is 55.7 Å². The third-order valence-corrected chi connectivity index (χ3v) is 7.61. The number of benzene rings is 2. The van der Waals surface area contributed by atoms with Crippen LogP contribution in [-0.2, 0) is 36.8 Å². The number of aryl methyl sites for hydroxylation is 1. The Morgan fingerprint density at radius 3 is 2.50 bits per heavy atom. The average Bonchev–Trinajstić information content (AvgIpc) is 3.01. The molecule has 2 aromatic carbocycles. The number of carbonyl (C=O) groups excluding carboxylic acids is 5. The van der Waals surface area contributed by atoms with E-state index in [1.54, 1.807) is 32.0 Å². The van der Waals surface area contributed by atoms with Crippen LogP contribution >= 0.6 is 0 Å². The number of hydrogen-bond acceptors (Lipinski definition) is 6. The maximum absolute atomic E-state index is 14.5. The molecule has 1 aliphatic rings. The molecule has 0 fully saturated rings. The van der Waals surface area contributed by atoms with Gasteiger partial charge in [0, 0.05) is 19.0 Å². The number of halogens is 1. The lowest BCUT2D eigenvalue weighted by Gasteiger charge is -2.26. The fourth-order valence-electron chi connectivity index (χ4n) is 5.09. The molecular formula is C34H44FN5O6. The number of esters is 1. The van der Waals surface area contributed by atoms with Gasteiger partial charge in [-0.25, -0.2) is 14.0 Å². The topological polar surface area (TPSA) is 155 Å². The molecule has 0 aliphatic carbocycles. The molecule has 1 aliphatic heterocycles. The summed E-state index contributed by atoms with van der Waals surface area (Å²) in [7, 11) is 1.23. The third-order valence-electron chi connectivity index (χ3n) is 7.61. The van der Waals surface area contributed by atoms with Gasteiger partial charge in [-0.3, -0.25) is 14.4 Å². The number of urea groups is 1. The van der Waals surface area contributed by atoms with E-state index in [1.165, 1.54) is 25.3 Å². The summed E-state index contributed by atoms with van der Waals surface area (Å²) in [6, 6.07) is 9.12. The summed E-state index contributed by atoms with van der Waals surface area (Å²) < 4.78 is 19.3. The molecular weight excluding hydrogens is 593 g/mol. The van der Waals surface area contributed by atoms with Crippen molar-refractivity contribution in [2.45, 2.75) is 77.0 Å². The van der Waals surface area contributed by atoms with Gasteiger partial charge >= 0.3 is 12.0 Å². The molecule has 0 saturated heterocycles. The van der Waals surface area contributed by atoms with Crippen molar-refractivity contribution >= 4 is 29.7 Å². The van der Waals surface area contributed by atoms with E-state index < -0.39 is 53.8 Å². The third kappa shape index (κ3) is 11.3. The van der Waals surface area contributed by atoms with E-state index in [0.717, 1.165) is 11.1 Å². The highest BCUT2D eigenvalue weighted by Gasteiger charge is 2.30. The Labute approximate surface area is 269 Å². The van der Waals surface area contributed by atoms with E-state index in [2.05, 4.69) is 26.6 Å². The van der Waals surface area contributed by atoms with Crippen molar-refractivity contribution in [3.8, 4) is 0 Å². The molecule has 0 spiro atoms. The molecule has 248 valence electrons. The van der Waals surface area contributed by atoms with Crippen molar-refractivity contribution < 1.29 is 33.1 Å². The Kier molecular flexibility index (Phi) is 13.7. The van der Waals surface area contributed by atoms with Crippen LogP contribution in [-0.4, -0.2) is 67.5 Å². The molecule has 4 atom stereocenters. The molecule has 2 aromatic rings. The lowest BCUT2D eigenvalue weighted by molar-refractivity contribution is -0.144. The van der Waals surface area contributed by atoms with Crippen LogP contribution in [0.4, 0.5) is 9.18 Å². The fraction of sp³-hybridized carbons (Fsp3) is 0.441. The SMILES string of the molecule is COC(=O)C(NC(=O)N[C@@H](Cc1cccc(C)c1)C(=O)N[C@H]1CCCCNC(=O)/C=C/[C@H](Cc2ccccc2F)NC1=O)C(C)C. The predicted molar refractivity (Wildman–Crippen MR) is 171 cm³/mol. The number of ether oxygens (including phenoxy) is 1. The van der Waals surface area contributed by atoms with E-state index in [0.29, 0.717) is 24.9 Å². The number of carbonyl (C=O) groups is 5. The molecule has 1 heterocycles. The molecule has 0 saturated carbocycles. The summed E-state index contributed by atoms with van der Waals surface area (Å²) in [4.78, 5) is 64.9. The number of methoxy groups -OCH3 is 1. The summed E-state index contributed by atoms with van der Waals surface area (Å²) in [6.07, 6.45) is 4.33. The minimum atomic E-state index is -1.10. The van der Waals surface area contributed by atoms with Crippen LogP contribution in [0.2, 0.25) is 0 Å². The highest BCUT2D eigenvalue weighted by molar-refractivity contribution is 5.93. The Hall–Kier alpha value is -4.74. The van der Waals surface area contributed by atoms with Crippen molar-refractivity contribution in [1.29, 1.82) is 0 Å². The highest BCUT2D eigenvalue weighted by Crippen LogP contribution is 2.13. The van der Waals surface area contributed by atoms with Gasteiger partial charge in [-0.2, -0.15) is 0 Å². The second kappa shape index (κ2) is 17.7. The first-order valence-corrected chi connectivity index (χ1v) is 15.5. The highest BCUT2D eigenvalue weighted by atomic mass is 19.1. The number of amides is 5. The number of rotatable bonds is 10. The lowest BCUT2D eigenvalue weighted by Crippen LogP contribution is -2.58. The van der Waals surface area contributed by atoms with Crippen LogP contribution in [0.1, 0.15) is 49.8 Å². The van der Waals surface area contributed by atoms with Gasteiger partial charge in [-0.1, -0.05) is 68.0 Å². The second-order valence-electron chi connectivity index (χ2n) is 11.7. The fourth-order valence-corrected chi connectivity index (χ4v) is 5.09. The molecule has 11 nitrogen and oxygen atoms in total. The summed E-state index contributed by atoms with van der Waals surface area (Å²) in [5.41, 5.74) is 2.10. The zero-order chi connectivity index (χ0) is 33.6. The summed E-state index contributed by atoms with van der Waals surface area (Å²) >= 11 is 0. The summed E-state index contributed by atoms with van der Waals surface area (Å²) in [5, 5.41) is 13.7. The van der Waals surface area contributed by atoms with Crippen LogP contribution in [0.5, 0.6) is 0 Å². The van der Waals surface area contributed by atoms with Gasteiger partial charge < -0.3 is 31.3 Å². The monoisotopic (exact) mass is 637 g/mol. The zero-order valence-electron chi connectivity index (χ0n) is 26.7. The first kappa shape index (κ1) is 35.7. The van der Waals surface area contributed by atoms with Gasteiger partial charge in [0.25, 0.3) is 0 Å². The molecule has 46 heavy (non-hydrogen) atoms. The molecule has 0 radical (unpaired) electrons. The quantitative estimate of drug-likeness (QED) is 0.253. The van der Waals surface area contributed by atoms with Crippen molar-refractivity contribution in [2.75, 3.05) is 13.7 Å². The minimum absolute atomic E-state index is 0.0811. The zero-order valence-corrected chi connectivity index (χ0v) is 26.7. The normalized spacial score (nSPS) is 19.3.